The normalized spacial score (nSPS) is 20.9. The lowest BCUT2D eigenvalue weighted by molar-refractivity contribution is 0.534. The van der Waals surface area contributed by atoms with Crippen LogP contribution in [0.3, 0.4) is 0 Å². The lowest BCUT2D eigenvalue weighted by Gasteiger charge is -2.21. The van der Waals surface area contributed by atoms with Crippen molar-refractivity contribution >= 4 is 0 Å². The zero-order valence-electron chi connectivity index (χ0n) is 9.21. The summed E-state index contributed by atoms with van der Waals surface area (Å²) in [7, 11) is 0. The molecular formula is C12H20N2. The van der Waals surface area contributed by atoms with Gasteiger partial charge in [0.15, 0.2) is 0 Å². The molecule has 0 radical (unpaired) electrons. The first kappa shape index (κ1) is 9.78. The number of rotatable bonds is 2. The average molecular weight is 192 g/mol. The summed E-state index contributed by atoms with van der Waals surface area (Å²) in [4.78, 5) is 0. The van der Waals surface area contributed by atoms with Crippen LogP contribution < -0.4 is 5.73 Å². The fraction of sp³-hybridized carbons (Fsp3) is 0.667. The second-order valence-electron chi connectivity index (χ2n) is 4.34. The Hall–Kier alpha value is -0.760. The molecule has 0 saturated carbocycles. The lowest BCUT2D eigenvalue weighted by atomic mass is 9.93. The van der Waals surface area contributed by atoms with Crippen LogP contribution in [0.15, 0.2) is 6.07 Å². The van der Waals surface area contributed by atoms with Crippen molar-refractivity contribution in [1.82, 2.24) is 4.57 Å². The van der Waals surface area contributed by atoms with E-state index >= 15 is 0 Å². The van der Waals surface area contributed by atoms with Crippen molar-refractivity contribution in [2.75, 3.05) is 0 Å². The Morgan fingerprint density at radius 1 is 1.57 bits per heavy atom. The quantitative estimate of drug-likeness (QED) is 0.767. The van der Waals surface area contributed by atoms with E-state index < -0.39 is 0 Å². The maximum Gasteiger partial charge on any atom is 0.0313 e. The number of nitrogens with two attached hydrogens (primary N) is 1. The van der Waals surface area contributed by atoms with Crippen molar-refractivity contribution < 1.29 is 0 Å². The molecule has 0 spiro atoms. The molecule has 1 aromatic rings. The summed E-state index contributed by atoms with van der Waals surface area (Å²) in [5, 5.41) is 0. The van der Waals surface area contributed by atoms with E-state index in [2.05, 4.69) is 24.5 Å². The van der Waals surface area contributed by atoms with Gasteiger partial charge in [0.2, 0.25) is 0 Å². The highest BCUT2D eigenvalue weighted by atomic mass is 15.0. The van der Waals surface area contributed by atoms with Crippen LogP contribution in [0, 0.1) is 6.92 Å². The summed E-state index contributed by atoms with van der Waals surface area (Å²) in [5.74, 6) is 0. The summed E-state index contributed by atoms with van der Waals surface area (Å²) >= 11 is 0. The minimum atomic E-state index is 0.288. The van der Waals surface area contributed by atoms with E-state index in [-0.39, 0.29) is 6.04 Å². The van der Waals surface area contributed by atoms with Crippen molar-refractivity contribution in [2.24, 2.45) is 5.73 Å². The maximum atomic E-state index is 6.11. The fourth-order valence-electron chi connectivity index (χ4n) is 2.54. The first-order valence-corrected chi connectivity index (χ1v) is 5.68. The van der Waals surface area contributed by atoms with Crippen molar-refractivity contribution in [3.8, 4) is 0 Å². The van der Waals surface area contributed by atoms with Crippen LogP contribution in [0.2, 0.25) is 0 Å². The van der Waals surface area contributed by atoms with Crippen molar-refractivity contribution in [3.63, 3.8) is 0 Å². The van der Waals surface area contributed by atoms with E-state index in [1.165, 1.54) is 36.2 Å². The van der Waals surface area contributed by atoms with Crippen molar-refractivity contribution in [3.05, 3.63) is 23.0 Å². The van der Waals surface area contributed by atoms with Crippen LogP contribution in [-0.2, 0) is 13.0 Å². The zero-order chi connectivity index (χ0) is 10.1. The van der Waals surface area contributed by atoms with Gasteiger partial charge in [0.1, 0.15) is 0 Å². The molecule has 1 unspecified atom stereocenters. The Balaban J connectivity index is 2.41. The molecule has 2 N–H and O–H groups in total. The predicted octanol–water partition coefficient (Wildman–Crippen LogP) is 2.54. The summed E-state index contributed by atoms with van der Waals surface area (Å²) < 4.78 is 2.45. The Morgan fingerprint density at radius 2 is 2.36 bits per heavy atom. The fourth-order valence-corrected chi connectivity index (χ4v) is 2.54. The Morgan fingerprint density at radius 3 is 3.07 bits per heavy atom. The highest BCUT2D eigenvalue weighted by Gasteiger charge is 2.21. The van der Waals surface area contributed by atoms with Gasteiger partial charge in [-0.2, -0.15) is 0 Å². The molecule has 0 aromatic carbocycles. The number of hydrogen-bond acceptors (Lipinski definition) is 1. The maximum absolute atomic E-state index is 6.11. The van der Waals surface area contributed by atoms with Gasteiger partial charge in [-0.1, -0.05) is 6.92 Å². The number of nitrogens with zero attached hydrogens (tertiary/aromatic N) is 1. The van der Waals surface area contributed by atoms with Crippen LogP contribution in [-0.4, -0.2) is 4.57 Å². The summed E-state index contributed by atoms with van der Waals surface area (Å²) in [6.07, 6.45) is 4.83. The highest BCUT2D eigenvalue weighted by Crippen LogP contribution is 2.30. The molecule has 0 bridgehead atoms. The number of hydrogen-bond donors (Lipinski definition) is 1. The number of fused-ring (bicyclic) bond motifs is 1. The van der Waals surface area contributed by atoms with E-state index in [1.54, 1.807) is 0 Å². The van der Waals surface area contributed by atoms with E-state index in [0.717, 1.165) is 13.0 Å². The topological polar surface area (TPSA) is 30.9 Å². The van der Waals surface area contributed by atoms with E-state index in [0.29, 0.717) is 0 Å². The molecule has 1 atom stereocenters. The number of aryl methyl sites for hydroxylation is 1. The largest absolute Gasteiger partial charge is 0.349 e. The van der Waals surface area contributed by atoms with Gasteiger partial charge in [0.05, 0.1) is 0 Å². The van der Waals surface area contributed by atoms with E-state index in [1.807, 2.05) is 0 Å². The molecular weight excluding hydrogens is 172 g/mol. The molecule has 0 fully saturated rings. The van der Waals surface area contributed by atoms with Crippen LogP contribution >= 0.6 is 0 Å². The van der Waals surface area contributed by atoms with Crippen molar-refractivity contribution in [1.29, 1.82) is 0 Å². The second-order valence-corrected chi connectivity index (χ2v) is 4.34. The van der Waals surface area contributed by atoms with Gasteiger partial charge in [-0.3, -0.25) is 0 Å². The molecule has 0 aliphatic heterocycles. The molecule has 0 saturated heterocycles. The van der Waals surface area contributed by atoms with Gasteiger partial charge in [0, 0.05) is 24.0 Å². The zero-order valence-corrected chi connectivity index (χ0v) is 9.21. The minimum absolute atomic E-state index is 0.288. The molecule has 2 heteroatoms. The summed E-state index contributed by atoms with van der Waals surface area (Å²) in [6.45, 7) is 5.57. The summed E-state index contributed by atoms with van der Waals surface area (Å²) in [6, 6.07) is 2.57. The smallest absolute Gasteiger partial charge is 0.0313 e. The second kappa shape index (κ2) is 3.77. The molecule has 1 heterocycles. The van der Waals surface area contributed by atoms with Gasteiger partial charge in [0.25, 0.3) is 0 Å². The first-order valence-electron chi connectivity index (χ1n) is 5.68. The molecule has 0 amide bonds. The third-order valence-corrected chi connectivity index (χ3v) is 3.22. The van der Waals surface area contributed by atoms with Gasteiger partial charge >= 0.3 is 0 Å². The van der Waals surface area contributed by atoms with Gasteiger partial charge < -0.3 is 10.3 Å². The molecule has 78 valence electrons. The van der Waals surface area contributed by atoms with Crippen LogP contribution in [0.1, 0.15) is 49.2 Å². The Kier molecular flexibility index (Phi) is 2.64. The molecule has 1 aliphatic rings. The molecule has 1 aliphatic carbocycles. The van der Waals surface area contributed by atoms with Crippen LogP contribution in [0.25, 0.3) is 0 Å². The Bertz CT molecular complexity index is 325. The standard InChI is InChI=1S/C12H20N2/c1-3-7-14-9(2)8-10-11(13)5-4-6-12(10)14/h8,11H,3-7,13H2,1-2H3. The van der Waals surface area contributed by atoms with Crippen LogP contribution in [0.5, 0.6) is 0 Å². The van der Waals surface area contributed by atoms with Crippen molar-refractivity contribution in [2.45, 2.75) is 52.1 Å². The molecule has 2 nitrogen and oxygen atoms in total. The molecule has 14 heavy (non-hydrogen) atoms. The van der Waals surface area contributed by atoms with Crippen LogP contribution in [0.4, 0.5) is 0 Å². The first-order chi connectivity index (χ1) is 6.74. The van der Waals surface area contributed by atoms with Gasteiger partial charge in [-0.15, -0.1) is 0 Å². The minimum Gasteiger partial charge on any atom is -0.349 e. The Labute approximate surface area is 86.1 Å². The highest BCUT2D eigenvalue weighted by molar-refractivity contribution is 5.32. The number of aromatic nitrogens is 1. The molecule has 2 rings (SSSR count). The van der Waals surface area contributed by atoms with Gasteiger partial charge in [-0.05, 0) is 44.2 Å². The lowest BCUT2D eigenvalue weighted by Crippen LogP contribution is -2.18. The summed E-state index contributed by atoms with van der Waals surface area (Å²) in [5.41, 5.74) is 10.4. The van der Waals surface area contributed by atoms with E-state index in [4.69, 9.17) is 5.73 Å². The predicted molar refractivity (Wildman–Crippen MR) is 59.3 cm³/mol. The average Bonchev–Trinajstić information content (AvgIpc) is 2.47. The van der Waals surface area contributed by atoms with Gasteiger partial charge in [-0.25, -0.2) is 0 Å². The third kappa shape index (κ3) is 1.48. The van der Waals surface area contributed by atoms with E-state index in [9.17, 15) is 0 Å². The monoisotopic (exact) mass is 192 g/mol. The molecule has 1 aromatic heterocycles. The SMILES string of the molecule is CCCn1c(C)cc2c1CCCC2N. The third-order valence-electron chi connectivity index (χ3n) is 3.22.